The van der Waals surface area contributed by atoms with E-state index in [1.807, 2.05) is 0 Å². The lowest BCUT2D eigenvalue weighted by atomic mass is 9.99. The number of esters is 2. The first-order valence-electron chi connectivity index (χ1n) is 7.23. The molecule has 0 aliphatic carbocycles. The van der Waals surface area contributed by atoms with Gasteiger partial charge in [-0.05, 0) is 41.5 Å². The maximum absolute atomic E-state index is 12.1. The molecule has 0 N–H and O–H groups in total. The van der Waals surface area contributed by atoms with E-state index in [0.29, 0.717) is 0 Å². The minimum Gasteiger partial charge on any atom is -0.460 e. The smallest absolute Gasteiger partial charge is 0.333 e. The summed E-state index contributed by atoms with van der Waals surface area (Å²) in [6, 6.07) is 0. The fourth-order valence-electron chi connectivity index (χ4n) is 1.82. The molecule has 0 aromatic heterocycles. The summed E-state index contributed by atoms with van der Waals surface area (Å²) >= 11 is 0. The van der Waals surface area contributed by atoms with Gasteiger partial charge in [-0.2, -0.15) is 0 Å². The van der Waals surface area contributed by atoms with Crippen LogP contribution in [-0.2, 0) is 28.5 Å². The van der Waals surface area contributed by atoms with Crippen LogP contribution in [0.5, 0.6) is 0 Å². The summed E-state index contributed by atoms with van der Waals surface area (Å²) in [5, 5.41) is 0. The average Bonchev–Trinajstić information content (AvgIpc) is 2.30. The van der Waals surface area contributed by atoms with Crippen molar-refractivity contribution in [1.82, 2.24) is 0 Å². The SMILES string of the molecule is C=C(C)C(=O)OC1(CC(=O)OC(C)(C)C)COC(C)(C)OC1. The van der Waals surface area contributed by atoms with E-state index in [9.17, 15) is 9.59 Å². The van der Waals surface area contributed by atoms with Crippen LogP contribution in [-0.4, -0.2) is 42.1 Å². The lowest BCUT2D eigenvalue weighted by molar-refractivity contribution is -0.304. The number of rotatable bonds is 4. The zero-order valence-corrected chi connectivity index (χ0v) is 14.3. The number of hydrogen-bond donors (Lipinski definition) is 0. The Balaban J connectivity index is 2.86. The summed E-state index contributed by atoms with van der Waals surface area (Å²) in [5.41, 5.74) is -1.58. The van der Waals surface area contributed by atoms with Gasteiger partial charge in [0, 0.05) is 5.57 Å². The molecule has 0 unspecified atom stereocenters. The van der Waals surface area contributed by atoms with E-state index in [1.54, 1.807) is 34.6 Å². The molecule has 0 aromatic rings. The largest absolute Gasteiger partial charge is 0.460 e. The molecule has 1 rings (SSSR count). The predicted octanol–water partition coefficient (Wildman–Crippen LogP) is 2.36. The summed E-state index contributed by atoms with van der Waals surface area (Å²) in [7, 11) is 0. The van der Waals surface area contributed by atoms with Crippen LogP contribution >= 0.6 is 0 Å². The van der Waals surface area contributed by atoms with Gasteiger partial charge in [0.05, 0.1) is 19.6 Å². The Morgan fingerprint density at radius 1 is 1.18 bits per heavy atom. The molecule has 1 heterocycles. The van der Waals surface area contributed by atoms with Gasteiger partial charge in [-0.3, -0.25) is 4.79 Å². The van der Waals surface area contributed by atoms with E-state index in [0.717, 1.165) is 0 Å². The molecule has 0 aromatic carbocycles. The van der Waals surface area contributed by atoms with Crippen LogP contribution in [0.2, 0.25) is 0 Å². The highest BCUT2D eigenvalue weighted by atomic mass is 16.7. The fraction of sp³-hybridized carbons (Fsp3) is 0.750. The van der Waals surface area contributed by atoms with Crippen molar-refractivity contribution in [2.75, 3.05) is 13.2 Å². The normalized spacial score (nSPS) is 20.1. The highest BCUT2D eigenvalue weighted by molar-refractivity contribution is 5.87. The number of carbonyl (C=O) groups is 2. The molecule has 22 heavy (non-hydrogen) atoms. The summed E-state index contributed by atoms with van der Waals surface area (Å²) in [6.07, 6.45) is -0.140. The van der Waals surface area contributed by atoms with Crippen molar-refractivity contribution < 1.29 is 28.5 Å². The minimum atomic E-state index is -1.20. The van der Waals surface area contributed by atoms with Crippen molar-refractivity contribution in [3.63, 3.8) is 0 Å². The van der Waals surface area contributed by atoms with Gasteiger partial charge in [-0.1, -0.05) is 6.58 Å². The van der Waals surface area contributed by atoms with Crippen molar-refractivity contribution >= 4 is 11.9 Å². The molecule has 1 saturated heterocycles. The van der Waals surface area contributed by atoms with E-state index in [-0.39, 0.29) is 25.2 Å². The Morgan fingerprint density at radius 2 is 1.68 bits per heavy atom. The van der Waals surface area contributed by atoms with Crippen molar-refractivity contribution in [3.05, 3.63) is 12.2 Å². The third-order valence-corrected chi connectivity index (χ3v) is 2.91. The van der Waals surface area contributed by atoms with Crippen LogP contribution in [0, 0.1) is 0 Å². The maximum atomic E-state index is 12.1. The van der Waals surface area contributed by atoms with Crippen molar-refractivity contribution in [3.8, 4) is 0 Å². The zero-order chi connectivity index (χ0) is 17.2. The van der Waals surface area contributed by atoms with Gasteiger partial charge in [0.1, 0.15) is 5.60 Å². The molecule has 126 valence electrons. The van der Waals surface area contributed by atoms with Gasteiger partial charge in [-0.15, -0.1) is 0 Å². The van der Waals surface area contributed by atoms with Crippen LogP contribution in [0.15, 0.2) is 12.2 Å². The monoisotopic (exact) mass is 314 g/mol. The first-order valence-corrected chi connectivity index (χ1v) is 7.23. The number of carbonyl (C=O) groups excluding carboxylic acids is 2. The standard InChI is InChI=1S/C16H26O6/c1-11(2)13(18)22-16(8-12(17)21-14(3,4)5)9-19-15(6,7)20-10-16/h1,8-10H2,2-7H3. The number of hydrogen-bond acceptors (Lipinski definition) is 6. The van der Waals surface area contributed by atoms with E-state index >= 15 is 0 Å². The molecule has 0 bridgehead atoms. The zero-order valence-electron chi connectivity index (χ0n) is 14.3. The molecule has 1 fully saturated rings. The summed E-state index contributed by atoms with van der Waals surface area (Å²) in [4.78, 5) is 24.0. The molecule has 1 aliphatic heterocycles. The van der Waals surface area contributed by atoms with Crippen LogP contribution in [0.3, 0.4) is 0 Å². The second-order valence-electron chi connectivity index (χ2n) is 7.09. The highest BCUT2D eigenvalue weighted by Crippen LogP contribution is 2.30. The highest BCUT2D eigenvalue weighted by Gasteiger charge is 2.45. The minimum absolute atomic E-state index is 0.0538. The van der Waals surface area contributed by atoms with Gasteiger partial charge >= 0.3 is 11.9 Å². The molecule has 6 nitrogen and oxygen atoms in total. The van der Waals surface area contributed by atoms with Gasteiger partial charge in [0.25, 0.3) is 0 Å². The summed E-state index contributed by atoms with van der Waals surface area (Å²) < 4.78 is 21.8. The topological polar surface area (TPSA) is 71.1 Å². The van der Waals surface area contributed by atoms with Crippen LogP contribution in [0.1, 0.15) is 48.0 Å². The predicted molar refractivity (Wildman–Crippen MR) is 80.1 cm³/mol. The van der Waals surface area contributed by atoms with Crippen LogP contribution in [0.4, 0.5) is 0 Å². The molecule has 0 amide bonds. The maximum Gasteiger partial charge on any atom is 0.333 e. The van der Waals surface area contributed by atoms with E-state index in [2.05, 4.69) is 6.58 Å². The van der Waals surface area contributed by atoms with Gasteiger partial charge in [0.2, 0.25) is 0 Å². The first-order chi connectivity index (χ1) is 9.84. The summed E-state index contributed by atoms with van der Waals surface area (Å²) in [6.45, 7) is 14.0. The van der Waals surface area contributed by atoms with E-state index < -0.39 is 28.9 Å². The van der Waals surface area contributed by atoms with E-state index in [4.69, 9.17) is 18.9 Å². The molecule has 0 saturated carbocycles. The van der Waals surface area contributed by atoms with Gasteiger partial charge < -0.3 is 18.9 Å². The third-order valence-electron chi connectivity index (χ3n) is 2.91. The van der Waals surface area contributed by atoms with Crippen molar-refractivity contribution in [2.45, 2.75) is 65.0 Å². The molecule has 0 radical (unpaired) electrons. The molecular weight excluding hydrogens is 288 g/mol. The second kappa shape index (κ2) is 6.38. The Labute approximate surface area is 131 Å². The molecule has 0 spiro atoms. The van der Waals surface area contributed by atoms with Gasteiger partial charge in [0.15, 0.2) is 11.4 Å². The second-order valence-corrected chi connectivity index (χ2v) is 7.09. The average molecular weight is 314 g/mol. The molecule has 6 heteroatoms. The first kappa shape index (κ1) is 18.6. The van der Waals surface area contributed by atoms with E-state index in [1.165, 1.54) is 6.92 Å². The lowest BCUT2D eigenvalue weighted by Crippen LogP contribution is -2.55. The Kier molecular flexibility index (Phi) is 5.41. The van der Waals surface area contributed by atoms with Gasteiger partial charge in [-0.25, -0.2) is 4.79 Å². The Hall–Kier alpha value is -1.40. The van der Waals surface area contributed by atoms with Crippen molar-refractivity contribution in [1.29, 1.82) is 0 Å². The third kappa shape index (κ3) is 5.77. The quantitative estimate of drug-likeness (QED) is 0.586. The molecular formula is C16H26O6. The molecule has 1 aliphatic rings. The van der Waals surface area contributed by atoms with Crippen LogP contribution < -0.4 is 0 Å². The lowest BCUT2D eigenvalue weighted by Gasteiger charge is -2.42. The fourth-order valence-corrected chi connectivity index (χ4v) is 1.82. The Morgan fingerprint density at radius 3 is 2.09 bits per heavy atom. The van der Waals surface area contributed by atoms with Crippen LogP contribution in [0.25, 0.3) is 0 Å². The number of ether oxygens (including phenoxy) is 4. The summed E-state index contributed by atoms with van der Waals surface area (Å²) in [5.74, 6) is -1.85. The van der Waals surface area contributed by atoms with Crippen molar-refractivity contribution in [2.24, 2.45) is 0 Å². The Bertz CT molecular complexity index is 448. The molecule has 0 atom stereocenters.